The van der Waals surface area contributed by atoms with Crippen molar-refractivity contribution in [3.63, 3.8) is 0 Å². The van der Waals surface area contributed by atoms with Crippen LogP contribution in [0.5, 0.6) is 0 Å². The molecule has 10 rings (SSSR count). The topological polar surface area (TPSA) is 51.8 Å². The highest BCUT2D eigenvalue weighted by Crippen LogP contribution is 2.39. The van der Waals surface area contributed by atoms with Gasteiger partial charge in [0.1, 0.15) is 11.2 Å². The minimum atomic E-state index is 0.604. The zero-order valence-corrected chi connectivity index (χ0v) is 29.8. The van der Waals surface area contributed by atoms with Gasteiger partial charge in [-0.3, -0.25) is 0 Å². The number of furan rings is 1. The third-order valence-corrected chi connectivity index (χ3v) is 10.2. The molecule has 0 atom stereocenters. The van der Waals surface area contributed by atoms with Crippen molar-refractivity contribution in [2.45, 2.75) is 0 Å². The summed E-state index contributed by atoms with van der Waals surface area (Å²) in [4.78, 5) is 15.1. The summed E-state index contributed by atoms with van der Waals surface area (Å²) in [6, 6.07) is 69.4. The van der Waals surface area contributed by atoms with Crippen LogP contribution in [0.3, 0.4) is 0 Å². The predicted molar refractivity (Wildman–Crippen MR) is 225 cm³/mol. The molecule has 0 unspecified atom stereocenters. The van der Waals surface area contributed by atoms with E-state index in [1.54, 1.807) is 0 Å². The largest absolute Gasteiger partial charge is 0.456 e. The van der Waals surface area contributed by atoms with E-state index < -0.39 is 0 Å². The van der Waals surface area contributed by atoms with E-state index in [4.69, 9.17) is 19.4 Å². The second-order valence-electron chi connectivity index (χ2n) is 13.6. The summed E-state index contributed by atoms with van der Waals surface area (Å²) in [5, 5.41) is 2.08. The van der Waals surface area contributed by atoms with Crippen molar-refractivity contribution >= 4 is 21.9 Å². The molecule has 2 aromatic heterocycles. The number of fused-ring (bicyclic) bond motifs is 3. The fourth-order valence-electron chi connectivity index (χ4n) is 7.33. The molecule has 258 valence electrons. The van der Waals surface area contributed by atoms with Crippen LogP contribution in [-0.2, 0) is 0 Å². The standard InChI is InChI=1S/C51H33N3O/c1-4-11-34(12-5-1)36-19-21-38(22-20-36)39-23-27-40(28-24-39)44-17-10-18-47-48(44)45-33-43(31-32-46(45)55-47)51-53-49(41-15-8-3-9-16-41)52-50(54-51)42-29-25-37(26-30-42)35-13-6-2-7-14-35/h1-33H. The Labute approximate surface area is 319 Å². The lowest BCUT2D eigenvalue weighted by Gasteiger charge is -2.10. The lowest BCUT2D eigenvalue weighted by molar-refractivity contribution is 0.669. The lowest BCUT2D eigenvalue weighted by atomic mass is 9.96. The van der Waals surface area contributed by atoms with E-state index in [9.17, 15) is 0 Å². The van der Waals surface area contributed by atoms with Crippen molar-refractivity contribution in [2.75, 3.05) is 0 Å². The van der Waals surface area contributed by atoms with Crippen molar-refractivity contribution < 1.29 is 4.42 Å². The van der Waals surface area contributed by atoms with Gasteiger partial charge in [-0.05, 0) is 68.8 Å². The third-order valence-electron chi connectivity index (χ3n) is 10.2. The Morgan fingerprint density at radius 2 is 0.655 bits per heavy atom. The van der Waals surface area contributed by atoms with E-state index >= 15 is 0 Å². The maximum atomic E-state index is 6.43. The van der Waals surface area contributed by atoms with Crippen LogP contribution >= 0.6 is 0 Å². The Kier molecular flexibility index (Phi) is 8.12. The van der Waals surface area contributed by atoms with Gasteiger partial charge in [-0.15, -0.1) is 0 Å². The molecule has 4 heteroatoms. The van der Waals surface area contributed by atoms with Crippen LogP contribution < -0.4 is 0 Å². The molecule has 0 spiro atoms. The van der Waals surface area contributed by atoms with E-state index in [2.05, 4.69) is 140 Å². The maximum Gasteiger partial charge on any atom is 0.164 e. The fourth-order valence-corrected chi connectivity index (χ4v) is 7.33. The Hall–Kier alpha value is -7.43. The molecule has 0 fully saturated rings. The van der Waals surface area contributed by atoms with Crippen molar-refractivity contribution in [2.24, 2.45) is 0 Å². The van der Waals surface area contributed by atoms with Crippen LogP contribution in [0.4, 0.5) is 0 Å². The van der Waals surface area contributed by atoms with Crippen molar-refractivity contribution in [1.82, 2.24) is 15.0 Å². The van der Waals surface area contributed by atoms with Gasteiger partial charge < -0.3 is 4.42 Å². The second kappa shape index (κ2) is 13.8. The van der Waals surface area contributed by atoms with Crippen LogP contribution in [0.15, 0.2) is 205 Å². The van der Waals surface area contributed by atoms with Crippen LogP contribution in [-0.4, -0.2) is 15.0 Å². The van der Waals surface area contributed by atoms with Crippen LogP contribution in [0.2, 0.25) is 0 Å². The van der Waals surface area contributed by atoms with Crippen molar-refractivity contribution in [3.8, 4) is 78.7 Å². The van der Waals surface area contributed by atoms with Gasteiger partial charge in [-0.1, -0.05) is 176 Å². The number of nitrogens with zero attached hydrogens (tertiary/aromatic N) is 3. The SMILES string of the molecule is c1ccc(-c2ccc(-c3ccc(-c4cccc5oc6ccc(-c7nc(-c8ccccc8)nc(-c8ccc(-c9ccccc9)cc8)n7)cc6c45)cc3)cc2)cc1. The monoisotopic (exact) mass is 703 g/mol. The molecule has 0 aliphatic heterocycles. The maximum absolute atomic E-state index is 6.43. The Balaban J connectivity index is 1.03. The molecule has 0 amide bonds. The minimum absolute atomic E-state index is 0.604. The molecule has 0 bridgehead atoms. The van der Waals surface area contributed by atoms with Gasteiger partial charge in [0.2, 0.25) is 0 Å². The van der Waals surface area contributed by atoms with E-state index in [-0.39, 0.29) is 0 Å². The summed E-state index contributed by atoms with van der Waals surface area (Å²) in [5.74, 6) is 1.85. The third kappa shape index (κ3) is 6.26. The van der Waals surface area contributed by atoms with Gasteiger partial charge in [0.15, 0.2) is 17.5 Å². The number of aromatic nitrogens is 3. The molecule has 8 aromatic carbocycles. The predicted octanol–water partition coefficient (Wildman–Crippen LogP) is 13.4. The molecule has 0 radical (unpaired) electrons. The molecule has 2 heterocycles. The molecule has 0 N–H and O–H groups in total. The van der Waals surface area contributed by atoms with Crippen LogP contribution in [0.1, 0.15) is 0 Å². The van der Waals surface area contributed by atoms with E-state index in [1.807, 2.05) is 60.7 Å². The smallest absolute Gasteiger partial charge is 0.164 e. The normalized spacial score (nSPS) is 11.3. The summed E-state index contributed by atoms with van der Waals surface area (Å²) in [6.07, 6.45) is 0. The average Bonchev–Trinajstić information content (AvgIpc) is 3.66. The summed E-state index contributed by atoms with van der Waals surface area (Å²) in [6.45, 7) is 0. The van der Waals surface area contributed by atoms with E-state index in [1.165, 1.54) is 27.8 Å². The minimum Gasteiger partial charge on any atom is -0.456 e. The highest BCUT2D eigenvalue weighted by molar-refractivity contribution is 6.13. The number of hydrogen-bond acceptors (Lipinski definition) is 4. The first kappa shape index (κ1) is 32.2. The molecule has 0 aliphatic rings. The highest BCUT2D eigenvalue weighted by Gasteiger charge is 2.17. The summed E-state index contributed by atoms with van der Waals surface area (Å²) >= 11 is 0. The molecule has 10 aromatic rings. The summed E-state index contributed by atoms with van der Waals surface area (Å²) < 4.78 is 6.43. The van der Waals surface area contributed by atoms with Crippen LogP contribution in [0, 0.1) is 0 Å². The average molecular weight is 704 g/mol. The Morgan fingerprint density at radius 1 is 0.273 bits per heavy atom. The van der Waals surface area contributed by atoms with Crippen molar-refractivity contribution in [3.05, 3.63) is 200 Å². The van der Waals surface area contributed by atoms with Crippen molar-refractivity contribution in [1.29, 1.82) is 0 Å². The molecule has 0 saturated carbocycles. The second-order valence-corrected chi connectivity index (χ2v) is 13.6. The lowest BCUT2D eigenvalue weighted by Crippen LogP contribution is -2.00. The fraction of sp³-hybridized carbons (Fsp3) is 0. The first-order valence-electron chi connectivity index (χ1n) is 18.4. The van der Waals surface area contributed by atoms with Gasteiger partial charge >= 0.3 is 0 Å². The first-order chi connectivity index (χ1) is 27.2. The first-order valence-corrected chi connectivity index (χ1v) is 18.4. The molecule has 0 saturated heterocycles. The number of rotatable bonds is 7. The zero-order valence-electron chi connectivity index (χ0n) is 29.8. The molecule has 0 aliphatic carbocycles. The van der Waals surface area contributed by atoms with Crippen LogP contribution in [0.25, 0.3) is 101 Å². The Bertz CT molecular complexity index is 2920. The molecule has 4 nitrogen and oxygen atoms in total. The van der Waals surface area contributed by atoms with E-state index in [0.717, 1.165) is 55.3 Å². The molecular weight excluding hydrogens is 671 g/mol. The Morgan fingerprint density at radius 3 is 1.16 bits per heavy atom. The highest BCUT2D eigenvalue weighted by atomic mass is 16.3. The summed E-state index contributed by atoms with van der Waals surface area (Å²) in [7, 11) is 0. The molecular formula is C51H33N3O. The van der Waals surface area contributed by atoms with Gasteiger partial charge in [0.25, 0.3) is 0 Å². The summed E-state index contributed by atoms with van der Waals surface area (Å²) in [5.41, 5.74) is 13.7. The van der Waals surface area contributed by atoms with Gasteiger partial charge in [0.05, 0.1) is 0 Å². The van der Waals surface area contributed by atoms with Gasteiger partial charge in [0, 0.05) is 27.5 Å². The van der Waals surface area contributed by atoms with Gasteiger partial charge in [-0.2, -0.15) is 0 Å². The van der Waals surface area contributed by atoms with Gasteiger partial charge in [-0.25, -0.2) is 15.0 Å². The zero-order chi connectivity index (χ0) is 36.6. The number of benzene rings is 8. The number of hydrogen-bond donors (Lipinski definition) is 0. The quantitative estimate of drug-likeness (QED) is 0.166. The van der Waals surface area contributed by atoms with E-state index in [0.29, 0.717) is 17.5 Å². The molecule has 55 heavy (non-hydrogen) atoms.